The minimum atomic E-state index is -0.574. The quantitative estimate of drug-likeness (QED) is 0.578. The highest BCUT2D eigenvalue weighted by Crippen LogP contribution is 2.48. The van der Waals surface area contributed by atoms with E-state index in [1.54, 1.807) is 24.4 Å². The Balaban J connectivity index is 1.86. The van der Waals surface area contributed by atoms with Gasteiger partial charge in [-0.3, -0.25) is 4.79 Å². The number of nitrogens with one attached hydrogen (secondary N) is 1. The third-order valence-electron chi connectivity index (χ3n) is 5.76. The highest BCUT2D eigenvalue weighted by atomic mass is 16.5. The number of carbonyl (C=O) groups is 1. The van der Waals surface area contributed by atoms with E-state index in [-0.39, 0.29) is 0 Å². The van der Waals surface area contributed by atoms with Crippen molar-refractivity contribution in [2.45, 2.75) is 26.3 Å². The number of pyridine rings is 1. The summed E-state index contributed by atoms with van der Waals surface area (Å²) in [5, 5.41) is 12.6. The van der Waals surface area contributed by atoms with Crippen LogP contribution in [0.2, 0.25) is 0 Å². The van der Waals surface area contributed by atoms with Gasteiger partial charge in [0, 0.05) is 35.4 Å². The predicted octanol–water partition coefficient (Wildman–Crippen LogP) is 3.47. The van der Waals surface area contributed by atoms with Crippen molar-refractivity contribution in [3.05, 3.63) is 82.4 Å². The van der Waals surface area contributed by atoms with Gasteiger partial charge in [-0.1, -0.05) is 6.07 Å². The first-order valence-electron chi connectivity index (χ1n) is 10.5. The molecule has 4 rings (SSSR count). The molecule has 0 saturated heterocycles. The molecule has 3 heterocycles. The monoisotopic (exact) mass is 443 g/mol. The summed E-state index contributed by atoms with van der Waals surface area (Å²) >= 11 is 0. The minimum Gasteiger partial charge on any atom is -0.496 e. The number of nitriles is 1. The van der Waals surface area contributed by atoms with Crippen LogP contribution in [0.1, 0.15) is 35.1 Å². The molecular formula is C25H25N5O3. The normalized spacial score (nSPS) is 14.8. The molecule has 0 saturated carbocycles. The molecule has 0 aliphatic carbocycles. The molecule has 1 aliphatic heterocycles. The summed E-state index contributed by atoms with van der Waals surface area (Å²) in [5.74, 6) is -0.228. The molecule has 3 aromatic rings. The molecule has 33 heavy (non-hydrogen) atoms. The van der Waals surface area contributed by atoms with E-state index in [4.69, 9.17) is 15.2 Å². The van der Waals surface area contributed by atoms with Gasteiger partial charge in [0.15, 0.2) is 0 Å². The van der Waals surface area contributed by atoms with Crippen molar-refractivity contribution in [1.82, 2.24) is 9.55 Å². The van der Waals surface area contributed by atoms with E-state index in [1.807, 2.05) is 42.9 Å². The lowest BCUT2D eigenvalue weighted by Crippen LogP contribution is -2.29. The van der Waals surface area contributed by atoms with E-state index in [0.717, 1.165) is 11.3 Å². The predicted molar refractivity (Wildman–Crippen MR) is 124 cm³/mol. The van der Waals surface area contributed by atoms with Crippen molar-refractivity contribution < 1.29 is 14.3 Å². The van der Waals surface area contributed by atoms with Crippen LogP contribution in [0.3, 0.4) is 0 Å². The van der Waals surface area contributed by atoms with E-state index in [0.29, 0.717) is 52.7 Å². The smallest absolute Gasteiger partial charge is 0.247 e. The number of primary amides is 1. The number of allylic oxidation sites excluding steroid dienone is 1. The number of nitrogens with two attached hydrogens (primary N) is 1. The second-order valence-corrected chi connectivity index (χ2v) is 7.83. The Bertz CT molecular complexity index is 1270. The van der Waals surface area contributed by atoms with Crippen LogP contribution in [0.15, 0.2) is 60.2 Å². The molecule has 1 aromatic carbocycles. The van der Waals surface area contributed by atoms with Gasteiger partial charge in [0.1, 0.15) is 12.4 Å². The molecule has 0 fully saturated rings. The maximum Gasteiger partial charge on any atom is 0.247 e. The molecule has 8 heteroatoms. The highest BCUT2D eigenvalue weighted by Gasteiger charge is 2.37. The Hall–Kier alpha value is -4.25. The highest BCUT2D eigenvalue weighted by molar-refractivity contribution is 5.98. The number of amides is 1. The number of aryl methyl sites for hydroxylation is 1. The lowest BCUT2D eigenvalue weighted by Gasteiger charge is -2.32. The van der Waals surface area contributed by atoms with E-state index >= 15 is 0 Å². The van der Waals surface area contributed by atoms with Gasteiger partial charge < -0.3 is 25.1 Å². The van der Waals surface area contributed by atoms with Crippen LogP contribution in [0.4, 0.5) is 5.69 Å². The third-order valence-corrected chi connectivity index (χ3v) is 5.76. The Morgan fingerprint density at radius 1 is 1.30 bits per heavy atom. The number of rotatable bonds is 7. The SMILES string of the molecule is COc1cc(C#N)ccc1C1C(C(N)=O)=C(C)Nc2c(C)cnc(OCCn3cccc3)c21. The zero-order valence-electron chi connectivity index (χ0n) is 18.8. The first-order chi connectivity index (χ1) is 15.9. The molecule has 2 aromatic heterocycles. The summed E-state index contributed by atoms with van der Waals surface area (Å²) in [5.41, 5.74) is 10.5. The summed E-state index contributed by atoms with van der Waals surface area (Å²) in [6.45, 7) is 4.80. The second-order valence-electron chi connectivity index (χ2n) is 7.83. The Kier molecular flexibility index (Phi) is 6.05. The molecule has 168 valence electrons. The zero-order chi connectivity index (χ0) is 23.5. The molecule has 0 spiro atoms. The fourth-order valence-corrected chi connectivity index (χ4v) is 4.20. The summed E-state index contributed by atoms with van der Waals surface area (Å²) in [7, 11) is 1.53. The van der Waals surface area contributed by atoms with Gasteiger partial charge in [0.2, 0.25) is 11.8 Å². The van der Waals surface area contributed by atoms with Crippen LogP contribution in [-0.4, -0.2) is 29.2 Å². The van der Waals surface area contributed by atoms with Crippen molar-refractivity contribution in [2.75, 3.05) is 19.0 Å². The summed E-state index contributed by atoms with van der Waals surface area (Å²) in [6.07, 6.45) is 5.67. The van der Waals surface area contributed by atoms with Gasteiger partial charge in [0.05, 0.1) is 42.5 Å². The summed E-state index contributed by atoms with van der Waals surface area (Å²) < 4.78 is 13.7. The number of ether oxygens (including phenoxy) is 2. The maximum atomic E-state index is 12.6. The number of anilines is 1. The van der Waals surface area contributed by atoms with Gasteiger partial charge in [-0.2, -0.15) is 5.26 Å². The van der Waals surface area contributed by atoms with Crippen molar-refractivity contribution in [1.29, 1.82) is 5.26 Å². The van der Waals surface area contributed by atoms with Crippen molar-refractivity contribution >= 4 is 11.6 Å². The van der Waals surface area contributed by atoms with Crippen LogP contribution < -0.4 is 20.5 Å². The summed E-state index contributed by atoms with van der Waals surface area (Å²) in [4.78, 5) is 17.2. The standard InChI is InChI=1S/C25H25N5O3/c1-15-14-28-25(33-11-10-30-8-4-5-9-30)22-21(20(24(27)31)16(2)29-23(15)22)18-7-6-17(13-26)12-19(18)32-3/h4-9,12,14,21,29H,10-11H2,1-3H3,(H2,27,31). The molecule has 1 unspecified atom stereocenters. The first kappa shape index (κ1) is 22.0. The van der Waals surface area contributed by atoms with Gasteiger partial charge >= 0.3 is 0 Å². The topological polar surface area (TPSA) is 115 Å². The van der Waals surface area contributed by atoms with Crippen LogP contribution in [0, 0.1) is 18.3 Å². The molecule has 1 aliphatic rings. The van der Waals surface area contributed by atoms with E-state index in [1.165, 1.54) is 7.11 Å². The van der Waals surface area contributed by atoms with Gasteiger partial charge in [-0.25, -0.2) is 4.98 Å². The van der Waals surface area contributed by atoms with E-state index in [2.05, 4.69) is 16.4 Å². The average Bonchev–Trinajstić information content (AvgIpc) is 3.33. The number of carbonyl (C=O) groups excluding carboxylic acids is 1. The van der Waals surface area contributed by atoms with Gasteiger partial charge in [-0.15, -0.1) is 0 Å². The average molecular weight is 444 g/mol. The molecular weight excluding hydrogens is 418 g/mol. The van der Waals surface area contributed by atoms with Crippen LogP contribution in [0.5, 0.6) is 11.6 Å². The number of benzene rings is 1. The molecule has 1 atom stereocenters. The number of aromatic nitrogens is 2. The van der Waals surface area contributed by atoms with Crippen molar-refractivity contribution in [3.63, 3.8) is 0 Å². The molecule has 0 bridgehead atoms. The lowest BCUT2D eigenvalue weighted by atomic mass is 9.79. The first-order valence-corrected chi connectivity index (χ1v) is 10.5. The number of hydrogen-bond acceptors (Lipinski definition) is 6. The number of methoxy groups -OCH3 is 1. The maximum absolute atomic E-state index is 12.6. The van der Waals surface area contributed by atoms with Crippen LogP contribution in [-0.2, 0) is 11.3 Å². The fraction of sp³-hybridized carbons (Fsp3) is 0.240. The largest absolute Gasteiger partial charge is 0.496 e. The second kappa shape index (κ2) is 9.09. The van der Waals surface area contributed by atoms with Crippen LogP contribution >= 0.6 is 0 Å². The number of hydrogen-bond donors (Lipinski definition) is 2. The number of nitrogens with zero attached hydrogens (tertiary/aromatic N) is 3. The molecule has 1 amide bonds. The summed E-state index contributed by atoms with van der Waals surface area (Å²) in [6, 6.07) is 11.2. The Labute approximate surface area is 192 Å². The van der Waals surface area contributed by atoms with E-state index in [9.17, 15) is 10.1 Å². The fourth-order valence-electron chi connectivity index (χ4n) is 4.20. The lowest BCUT2D eigenvalue weighted by molar-refractivity contribution is -0.114. The minimum absolute atomic E-state index is 0.392. The Morgan fingerprint density at radius 3 is 2.73 bits per heavy atom. The van der Waals surface area contributed by atoms with Crippen molar-refractivity contribution in [3.8, 4) is 17.7 Å². The molecule has 8 nitrogen and oxygen atoms in total. The number of fused-ring (bicyclic) bond motifs is 1. The van der Waals surface area contributed by atoms with E-state index < -0.39 is 11.8 Å². The van der Waals surface area contributed by atoms with Gasteiger partial charge in [0.25, 0.3) is 0 Å². The zero-order valence-corrected chi connectivity index (χ0v) is 18.8. The van der Waals surface area contributed by atoms with Crippen LogP contribution in [0.25, 0.3) is 0 Å². The Morgan fingerprint density at radius 2 is 2.06 bits per heavy atom. The molecule has 0 radical (unpaired) electrons. The van der Waals surface area contributed by atoms with Gasteiger partial charge in [-0.05, 0) is 43.7 Å². The molecule has 3 N–H and O–H groups in total. The van der Waals surface area contributed by atoms with Crippen molar-refractivity contribution in [2.24, 2.45) is 5.73 Å². The third kappa shape index (κ3) is 4.13.